The van der Waals surface area contributed by atoms with Crippen LogP contribution >= 0.6 is 0 Å². The summed E-state index contributed by atoms with van der Waals surface area (Å²) in [5.41, 5.74) is 0.256. The van der Waals surface area contributed by atoms with Gasteiger partial charge in [-0.3, -0.25) is 4.79 Å². The lowest BCUT2D eigenvalue weighted by molar-refractivity contribution is -0.139. The fraction of sp³-hybridized carbons (Fsp3) is 0.467. The molecule has 0 unspecified atom stereocenters. The average Bonchev–Trinajstić information content (AvgIpc) is 2.42. The van der Waals surface area contributed by atoms with Crippen LogP contribution in [0.2, 0.25) is 0 Å². The van der Waals surface area contributed by atoms with Crippen LogP contribution in [0, 0.1) is 5.82 Å². The molecule has 1 aromatic rings. The fourth-order valence-electron chi connectivity index (χ4n) is 1.88. The number of carbonyl (C=O) groups excluding carboxylic acids is 1. The van der Waals surface area contributed by atoms with Crippen LogP contribution in [0.1, 0.15) is 49.4 Å². The van der Waals surface area contributed by atoms with E-state index in [0.717, 1.165) is 25.7 Å². The molecule has 5 heteroatoms. The minimum atomic E-state index is -1.04. The highest BCUT2D eigenvalue weighted by atomic mass is 19.1. The first-order chi connectivity index (χ1) is 9.54. The van der Waals surface area contributed by atoms with Gasteiger partial charge in [-0.1, -0.05) is 32.6 Å². The van der Waals surface area contributed by atoms with Gasteiger partial charge in [0.05, 0.1) is 0 Å². The van der Waals surface area contributed by atoms with E-state index < -0.39 is 23.7 Å². The Morgan fingerprint density at radius 2 is 1.85 bits per heavy atom. The fourth-order valence-corrected chi connectivity index (χ4v) is 1.88. The summed E-state index contributed by atoms with van der Waals surface area (Å²) in [6.45, 7) is 2.07. The van der Waals surface area contributed by atoms with Crippen LogP contribution in [-0.4, -0.2) is 23.0 Å². The zero-order valence-electron chi connectivity index (χ0n) is 11.6. The molecule has 0 aliphatic carbocycles. The van der Waals surface area contributed by atoms with Gasteiger partial charge in [-0.2, -0.15) is 0 Å². The zero-order valence-corrected chi connectivity index (χ0v) is 11.6. The van der Waals surface area contributed by atoms with Crippen LogP contribution in [-0.2, 0) is 4.79 Å². The van der Waals surface area contributed by atoms with Crippen molar-refractivity contribution in [2.24, 2.45) is 0 Å². The smallest absolute Gasteiger partial charge is 0.326 e. The van der Waals surface area contributed by atoms with Gasteiger partial charge in [0.15, 0.2) is 0 Å². The van der Waals surface area contributed by atoms with Crippen LogP contribution in [0.3, 0.4) is 0 Å². The monoisotopic (exact) mass is 281 g/mol. The Hall–Kier alpha value is -1.91. The lowest BCUT2D eigenvalue weighted by Crippen LogP contribution is -2.40. The molecule has 0 radical (unpaired) electrons. The number of amides is 1. The molecule has 0 aliphatic heterocycles. The maximum absolute atomic E-state index is 12.8. The largest absolute Gasteiger partial charge is 0.480 e. The minimum absolute atomic E-state index is 0.256. The molecule has 2 N–H and O–H groups in total. The standard InChI is InChI=1S/C15H20FNO3/c1-2-3-4-5-6-13(15(19)20)17-14(18)11-7-9-12(16)10-8-11/h7-10,13H,2-6H2,1H3,(H,17,18)(H,19,20)/t13-/m0/s1. The first-order valence-electron chi connectivity index (χ1n) is 6.83. The molecule has 1 aromatic carbocycles. The van der Waals surface area contributed by atoms with Crippen LogP contribution in [0.5, 0.6) is 0 Å². The normalized spacial score (nSPS) is 11.9. The number of carbonyl (C=O) groups is 2. The predicted octanol–water partition coefficient (Wildman–Crippen LogP) is 2.98. The summed E-state index contributed by atoms with van der Waals surface area (Å²) in [4.78, 5) is 23.0. The van der Waals surface area contributed by atoms with Gasteiger partial charge in [0, 0.05) is 5.56 Å². The number of carboxylic acid groups (broad SMARTS) is 1. The Morgan fingerprint density at radius 1 is 1.20 bits per heavy atom. The number of carboxylic acids is 1. The highest BCUT2D eigenvalue weighted by Gasteiger charge is 2.20. The molecule has 20 heavy (non-hydrogen) atoms. The van der Waals surface area contributed by atoms with Crippen LogP contribution < -0.4 is 5.32 Å². The Labute approximate surface area is 118 Å². The first-order valence-corrected chi connectivity index (χ1v) is 6.83. The van der Waals surface area contributed by atoms with E-state index in [2.05, 4.69) is 12.2 Å². The molecule has 0 spiro atoms. The van der Waals surface area contributed by atoms with E-state index in [1.165, 1.54) is 24.3 Å². The minimum Gasteiger partial charge on any atom is -0.480 e. The number of hydrogen-bond donors (Lipinski definition) is 2. The van der Waals surface area contributed by atoms with Gasteiger partial charge in [-0.05, 0) is 30.7 Å². The number of benzene rings is 1. The van der Waals surface area contributed by atoms with E-state index in [1.807, 2.05) is 0 Å². The van der Waals surface area contributed by atoms with Gasteiger partial charge in [-0.25, -0.2) is 9.18 Å². The van der Waals surface area contributed by atoms with Gasteiger partial charge in [0.2, 0.25) is 0 Å². The van der Waals surface area contributed by atoms with Crippen molar-refractivity contribution in [3.8, 4) is 0 Å². The van der Waals surface area contributed by atoms with Crippen LogP contribution in [0.15, 0.2) is 24.3 Å². The Kier molecular flexibility index (Phi) is 6.70. The zero-order chi connectivity index (χ0) is 15.0. The topological polar surface area (TPSA) is 66.4 Å². The Morgan fingerprint density at radius 3 is 2.40 bits per heavy atom. The van der Waals surface area contributed by atoms with E-state index in [-0.39, 0.29) is 5.56 Å². The van der Waals surface area contributed by atoms with Crippen LogP contribution in [0.4, 0.5) is 4.39 Å². The highest BCUT2D eigenvalue weighted by molar-refractivity contribution is 5.96. The van der Waals surface area contributed by atoms with E-state index in [4.69, 9.17) is 5.11 Å². The van der Waals surface area contributed by atoms with Gasteiger partial charge in [0.1, 0.15) is 11.9 Å². The van der Waals surface area contributed by atoms with Crippen molar-refractivity contribution in [1.29, 1.82) is 0 Å². The average molecular weight is 281 g/mol. The van der Waals surface area contributed by atoms with E-state index in [0.29, 0.717) is 6.42 Å². The molecule has 0 heterocycles. The van der Waals surface area contributed by atoms with Crippen molar-refractivity contribution in [3.63, 3.8) is 0 Å². The number of rotatable bonds is 8. The van der Waals surface area contributed by atoms with Crippen molar-refractivity contribution in [3.05, 3.63) is 35.6 Å². The molecule has 4 nitrogen and oxygen atoms in total. The van der Waals surface area contributed by atoms with E-state index in [1.54, 1.807) is 0 Å². The molecule has 0 fully saturated rings. The third-order valence-electron chi connectivity index (χ3n) is 3.06. The number of nitrogens with one attached hydrogen (secondary N) is 1. The van der Waals surface area contributed by atoms with Crippen molar-refractivity contribution >= 4 is 11.9 Å². The van der Waals surface area contributed by atoms with Gasteiger partial charge >= 0.3 is 5.97 Å². The molecule has 0 aromatic heterocycles. The SMILES string of the molecule is CCCCCC[C@H](NC(=O)c1ccc(F)cc1)C(=O)O. The van der Waals surface area contributed by atoms with Crippen LogP contribution in [0.25, 0.3) is 0 Å². The van der Waals surface area contributed by atoms with E-state index >= 15 is 0 Å². The predicted molar refractivity (Wildman–Crippen MR) is 74.0 cm³/mol. The van der Waals surface area contributed by atoms with Gasteiger partial charge in [0.25, 0.3) is 5.91 Å². The summed E-state index contributed by atoms with van der Waals surface area (Å²) in [5.74, 6) is -1.97. The maximum Gasteiger partial charge on any atom is 0.326 e. The van der Waals surface area contributed by atoms with Crippen molar-refractivity contribution < 1.29 is 19.1 Å². The van der Waals surface area contributed by atoms with Gasteiger partial charge < -0.3 is 10.4 Å². The van der Waals surface area contributed by atoms with Crippen molar-refractivity contribution in [2.45, 2.75) is 45.1 Å². The molecule has 1 rings (SSSR count). The second-order valence-electron chi connectivity index (χ2n) is 4.72. The van der Waals surface area contributed by atoms with E-state index in [9.17, 15) is 14.0 Å². The Balaban J connectivity index is 2.54. The number of hydrogen-bond acceptors (Lipinski definition) is 2. The summed E-state index contributed by atoms with van der Waals surface area (Å²) < 4.78 is 12.8. The third-order valence-corrected chi connectivity index (χ3v) is 3.06. The molecule has 1 amide bonds. The molecule has 0 saturated heterocycles. The molecule has 0 saturated carbocycles. The summed E-state index contributed by atoms with van der Waals surface area (Å²) in [7, 11) is 0. The molecular weight excluding hydrogens is 261 g/mol. The second-order valence-corrected chi connectivity index (χ2v) is 4.72. The summed E-state index contributed by atoms with van der Waals surface area (Å²) in [5, 5.41) is 11.6. The first kappa shape index (κ1) is 16.1. The second kappa shape index (κ2) is 8.30. The maximum atomic E-state index is 12.8. The highest BCUT2D eigenvalue weighted by Crippen LogP contribution is 2.08. The van der Waals surface area contributed by atoms with Crippen molar-refractivity contribution in [2.75, 3.05) is 0 Å². The number of unbranched alkanes of at least 4 members (excludes halogenated alkanes) is 3. The Bertz CT molecular complexity index is 445. The molecule has 0 aliphatic rings. The summed E-state index contributed by atoms with van der Waals surface area (Å²) >= 11 is 0. The molecule has 110 valence electrons. The lowest BCUT2D eigenvalue weighted by atomic mass is 10.1. The molecule has 1 atom stereocenters. The number of halogens is 1. The summed E-state index contributed by atoms with van der Waals surface area (Å²) in [6, 6.07) is 4.11. The number of aliphatic carboxylic acids is 1. The lowest BCUT2D eigenvalue weighted by Gasteiger charge is -2.14. The van der Waals surface area contributed by atoms with Crippen molar-refractivity contribution in [1.82, 2.24) is 5.32 Å². The van der Waals surface area contributed by atoms with Gasteiger partial charge in [-0.15, -0.1) is 0 Å². The molecular formula is C15H20FNO3. The molecule has 0 bridgehead atoms. The summed E-state index contributed by atoms with van der Waals surface area (Å²) in [6.07, 6.45) is 4.24. The quantitative estimate of drug-likeness (QED) is 0.720. The third kappa shape index (κ3) is 5.38.